The van der Waals surface area contributed by atoms with E-state index in [2.05, 4.69) is 6.92 Å². The van der Waals surface area contributed by atoms with Gasteiger partial charge >= 0.3 is 0 Å². The Morgan fingerprint density at radius 3 is 2.11 bits per heavy atom. The summed E-state index contributed by atoms with van der Waals surface area (Å²) >= 11 is 10.6. The van der Waals surface area contributed by atoms with Crippen molar-refractivity contribution in [3.63, 3.8) is 0 Å². The summed E-state index contributed by atoms with van der Waals surface area (Å²) in [5, 5.41) is 0. The van der Waals surface area contributed by atoms with Gasteiger partial charge in [-0.15, -0.1) is 16.3 Å². The van der Waals surface area contributed by atoms with Crippen LogP contribution in [0.2, 0.25) is 0 Å². The topological polar surface area (TPSA) is 3.24 Å². The fraction of sp³-hybridized carbons (Fsp3) is 1.00. The Kier molecular flexibility index (Phi) is 12.3. The van der Waals surface area contributed by atoms with Gasteiger partial charge in [0.05, 0.1) is 0 Å². The van der Waals surface area contributed by atoms with Gasteiger partial charge in [-0.3, -0.25) is 0 Å². The molecule has 0 fully saturated rings. The van der Waals surface area contributed by atoms with Crippen molar-refractivity contribution in [2.24, 2.45) is 0 Å². The highest BCUT2D eigenvalue weighted by molar-refractivity contribution is 6.33. The number of hydrogen-bond donors (Lipinski definition) is 0. The first-order valence-corrected chi connectivity index (χ1v) is 3.54. The smallest absolute Gasteiger partial charge is 0.0304 e. The van der Waals surface area contributed by atoms with Crippen LogP contribution in [-0.4, -0.2) is 10.5 Å². The average molecular weight is 193 g/mol. The summed E-state index contributed by atoms with van der Waals surface area (Å²) in [6.07, 6.45) is 3.50. The Balaban J connectivity index is 0. The molecule has 0 rings (SSSR count). The minimum absolute atomic E-state index is 0. The van der Waals surface area contributed by atoms with Gasteiger partial charge in [-0.05, 0) is 30.0 Å². The van der Waals surface area contributed by atoms with E-state index in [1.807, 2.05) is 0 Å². The van der Waals surface area contributed by atoms with E-state index in [9.17, 15) is 0 Å². The van der Waals surface area contributed by atoms with E-state index in [0.29, 0.717) is 0 Å². The molecule has 1 nitrogen and oxygen atoms in total. The highest BCUT2D eigenvalue weighted by Crippen LogP contribution is 2.02. The molecule has 0 aliphatic rings. The zero-order chi connectivity index (χ0) is 6.41. The van der Waals surface area contributed by atoms with Crippen molar-refractivity contribution in [1.29, 1.82) is 0 Å². The van der Waals surface area contributed by atoms with Crippen LogP contribution < -0.4 is 0 Å². The van der Waals surface area contributed by atoms with Crippen LogP contribution in [-0.2, 0) is 0 Å². The molecule has 0 aliphatic heterocycles. The van der Waals surface area contributed by atoms with Crippen LogP contribution in [0.15, 0.2) is 0 Å². The molecule has 0 amide bonds. The summed E-state index contributed by atoms with van der Waals surface area (Å²) in [4.78, 5) is 0. The molecule has 0 saturated heterocycles. The Bertz CT molecular complexity index is 49.5. The molecular weight excluding hydrogens is 180 g/mol. The molecular formula is C5H12Cl3N. The van der Waals surface area contributed by atoms with Gasteiger partial charge in [0.25, 0.3) is 0 Å². The lowest BCUT2D eigenvalue weighted by Gasteiger charge is -2.00. The summed E-state index contributed by atoms with van der Waals surface area (Å²) in [6.45, 7) is 2.92. The summed E-state index contributed by atoms with van der Waals surface area (Å²) < 4.78 is 1.18. The minimum atomic E-state index is 0. The molecule has 0 bridgehead atoms. The first-order valence-electron chi connectivity index (χ1n) is 2.86. The van der Waals surface area contributed by atoms with E-state index in [1.54, 1.807) is 0 Å². The van der Waals surface area contributed by atoms with E-state index in [1.165, 1.54) is 16.8 Å². The Morgan fingerprint density at radius 2 is 1.78 bits per heavy atom. The number of halogens is 3. The summed E-state index contributed by atoms with van der Waals surface area (Å²) in [5.41, 5.74) is 0. The van der Waals surface area contributed by atoms with Gasteiger partial charge in [-0.25, -0.2) is 0 Å². The summed E-state index contributed by atoms with van der Waals surface area (Å²) in [6, 6.07) is 0. The fourth-order valence-corrected chi connectivity index (χ4v) is 0.720. The quantitative estimate of drug-likeness (QED) is 0.488. The van der Waals surface area contributed by atoms with Gasteiger partial charge in [-0.2, -0.15) is 0 Å². The van der Waals surface area contributed by atoms with E-state index in [-0.39, 0.29) is 12.4 Å². The zero-order valence-corrected chi connectivity index (χ0v) is 7.77. The first kappa shape index (κ1) is 12.5. The predicted octanol–water partition coefficient (Wildman–Crippen LogP) is 3.21. The van der Waals surface area contributed by atoms with Gasteiger partial charge in [0.2, 0.25) is 0 Å². The van der Waals surface area contributed by atoms with Crippen LogP contribution in [0.5, 0.6) is 0 Å². The van der Waals surface area contributed by atoms with Gasteiger partial charge in [0.1, 0.15) is 0 Å². The van der Waals surface area contributed by atoms with Crippen molar-refractivity contribution < 1.29 is 0 Å². The van der Waals surface area contributed by atoms with Crippen LogP contribution in [0, 0.1) is 0 Å². The molecule has 0 aromatic carbocycles. The normalized spacial score (nSPS) is 9.33. The Morgan fingerprint density at radius 1 is 1.22 bits per heavy atom. The van der Waals surface area contributed by atoms with Crippen molar-refractivity contribution in [2.45, 2.75) is 26.2 Å². The minimum Gasteiger partial charge on any atom is -0.147 e. The Hall–Kier alpha value is 0.830. The molecule has 0 heterocycles. The largest absolute Gasteiger partial charge is 0.147 e. The van der Waals surface area contributed by atoms with Crippen molar-refractivity contribution >= 4 is 36.0 Å². The third-order valence-corrected chi connectivity index (χ3v) is 1.27. The maximum atomic E-state index is 5.31. The molecule has 9 heavy (non-hydrogen) atoms. The molecule has 0 aromatic heterocycles. The third kappa shape index (κ3) is 12.1. The SMILES string of the molecule is CCCCCN(Cl)Cl.Cl. The van der Waals surface area contributed by atoms with Crippen LogP contribution >= 0.6 is 36.0 Å². The number of hydrogen-bond acceptors (Lipinski definition) is 1. The van der Waals surface area contributed by atoms with Crippen molar-refractivity contribution in [3.8, 4) is 0 Å². The van der Waals surface area contributed by atoms with E-state index < -0.39 is 0 Å². The average Bonchev–Trinajstić information content (AvgIpc) is 1.66. The lowest BCUT2D eigenvalue weighted by molar-refractivity contribution is 0.609. The van der Waals surface area contributed by atoms with Crippen LogP contribution in [0.1, 0.15) is 26.2 Å². The molecule has 0 atom stereocenters. The molecule has 0 saturated carbocycles. The number of unbranched alkanes of at least 4 members (excludes halogenated alkanes) is 2. The van der Waals surface area contributed by atoms with Crippen molar-refractivity contribution in [3.05, 3.63) is 0 Å². The third-order valence-electron chi connectivity index (χ3n) is 0.931. The van der Waals surface area contributed by atoms with Gasteiger partial charge in [0, 0.05) is 6.54 Å². The van der Waals surface area contributed by atoms with Crippen LogP contribution in [0.4, 0.5) is 0 Å². The van der Waals surface area contributed by atoms with Gasteiger partial charge < -0.3 is 0 Å². The molecule has 0 aromatic rings. The molecule has 0 aliphatic carbocycles. The molecule has 58 valence electrons. The van der Waals surface area contributed by atoms with Gasteiger partial charge in [-0.1, -0.05) is 19.8 Å². The maximum Gasteiger partial charge on any atom is 0.0304 e. The molecule has 0 spiro atoms. The zero-order valence-electron chi connectivity index (χ0n) is 5.44. The maximum absolute atomic E-state index is 5.31. The van der Waals surface area contributed by atoms with Crippen LogP contribution in [0.3, 0.4) is 0 Å². The fourth-order valence-electron chi connectivity index (χ4n) is 0.481. The second-order valence-corrected chi connectivity index (χ2v) is 2.72. The van der Waals surface area contributed by atoms with E-state index in [4.69, 9.17) is 23.6 Å². The van der Waals surface area contributed by atoms with Crippen molar-refractivity contribution in [2.75, 3.05) is 6.54 Å². The molecule has 0 N–H and O–H groups in total. The lowest BCUT2D eigenvalue weighted by Crippen LogP contribution is -1.98. The van der Waals surface area contributed by atoms with E-state index >= 15 is 0 Å². The second kappa shape index (κ2) is 8.83. The van der Waals surface area contributed by atoms with Crippen molar-refractivity contribution in [1.82, 2.24) is 3.94 Å². The summed E-state index contributed by atoms with van der Waals surface area (Å²) in [7, 11) is 0. The highest BCUT2D eigenvalue weighted by Gasteiger charge is 1.91. The standard InChI is InChI=1S/C5H11Cl2N.ClH/c1-2-3-4-5-8(6)7;/h2-5H2,1H3;1H. The number of nitrogens with zero attached hydrogens (tertiary/aromatic N) is 1. The second-order valence-electron chi connectivity index (χ2n) is 1.73. The molecule has 0 unspecified atom stereocenters. The summed E-state index contributed by atoms with van der Waals surface area (Å²) in [5.74, 6) is 0. The lowest BCUT2D eigenvalue weighted by atomic mass is 10.3. The van der Waals surface area contributed by atoms with Gasteiger partial charge in [0.15, 0.2) is 0 Å². The Labute approximate surface area is 72.9 Å². The van der Waals surface area contributed by atoms with Crippen LogP contribution in [0.25, 0.3) is 0 Å². The highest BCUT2D eigenvalue weighted by atomic mass is 35.5. The first-order chi connectivity index (χ1) is 3.77. The monoisotopic (exact) mass is 191 g/mol. The molecule has 4 heteroatoms. The van der Waals surface area contributed by atoms with E-state index in [0.717, 1.165) is 13.0 Å². The number of rotatable bonds is 4. The molecule has 0 radical (unpaired) electrons. The predicted molar refractivity (Wildman–Crippen MR) is 45.2 cm³/mol.